The van der Waals surface area contributed by atoms with Crippen molar-refractivity contribution in [2.45, 2.75) is 33.3 Å². The highest BCUT2D eigenvalue weighted by Gasteiger charge is 2.37. The predicted octanol–water partition coefficient (Wildman–Crippen LogP) is 1.96. The monoisotopic (exact) mass is 158 g/mol. The Hall–Kier alpha value is -0.730. The normalized spacial score (nSPS) is 24.6. The van der Waals surface area contributed by atoms with Gasteiger partial charge in [0.2, 0.25) is 0 Å². The summed E-state index contributed by atoms with van der Waals surface area (Å²) in [5, 5.41) is 0. The minimum atomic E-state index is -0.531. The van der Waals surface area contributed by atoms with E-state index < -0.39 is 6.16 Å². The number of ether oxygens (including phenoxy) is 2. The molecule has 1 rings (SSSR count). The highest BCUT2D eigenvalue weighted by atomic mass is 16.8. The number of hydrogen-bond acceptors (Lipinski definition) is 3. The number of hydrogen-bond donors (Lipinski definition) is 0. The summed E-state index contributed by atoms with van der Waals surface area (Å²) >= 11 is 0. The zero-order chi connectivity index (χ0) is 8.48. The van der Waals surface area contributed by atoms with Gasteiger partial charge < -0.3 is 9.47 Å². The van der Waals surface area contributed by atoms with Crippen LogP contribution in [-0.4, -0.2) is 18.9 Å². The molecule has 0 aromatic heterocycles. The lowest BCUT2D eigenvalue weighted by Crippen LogP contribution is -2.30. The van der Waals surface area contributed by atoms with Crippen LogP contribution in [0.15, 0.2) is 0 Å². The van der Waals surface area contributed by atoms with Gasteiger partial charge in [0.05, 0.1) is 0 Å². The van der Waals surface area contributed by atoms with Gasteiger partial charge in [-0.15, -0.1) is 0 Å². The third-order valence-corrected chi connectivity index (χ3v) is 2.37. The highest BCUT2D eigenvalue weighted by molar-refractivity contribution is 5.62. The van der Waals surface area contributed by atoms with E-state index in [0.717, 1.165) is 6.42 Å². The predicted molar refractivity (Wildman–Crippen MR) is 40.3 cm³/mol. The van der Waals surface area contributed by atoms with Gasteiger partial charge in [-0.05, 0) is 6.42 Å². The van der Waals surface area contributed by atoms with Gasteiger partial charge in [0.25, 0.3) is 0 Å². The van der Waals surface area contributed by atoms with Gasteiger partial charge in [0.15, 0.2) is 0 Å². The summed E-state index contributed by atoms with van der Waals surface area (Å²) in [5.74, 6) is 0. The third kappa shape index (κ3) is 1.64. The van der Waals surface area contributed by atoms with Crippen molar-refractivity contribution in [2.24, 2.45) is 5.41 Å². The molecular formula is C8H14O3. The van der Waals surface area contributed by atoms with E-state index in [1.54, 1.807) is 0 Å². The van der Waals surface area contributed by atoms with Crippen LogP contribution in [0.1, 0.15) is 27.2 Å². The Labute approximate surface area is 66.7 Å². The van der Waals surface area contributed by atoms with Crippen molar-refractivity contribution in [3.63, 3.8) is 0 Å². The molecule has 1 aliphatic rings. The van der Waals surface area contributed by atoms with Crippen LogP contribution < -0.4 is 0 Å². The lowest BCUT2D eigenvalue weighted by Gasteiger charge is -2.26. The van der Waals surface area contributed by atoms with E-state index in [1.807, 2.05) is 0 Å². The van der Waals surface area contributed by atoms with Gasteiger partial charge in [0.1, 0.15) is 12.7 Å². The third-order valence-electron chi connectivity index (χ3n) is 2.37. The van der Waals surface area contributed by atoms with E-state index in [-0.39, 0.29) is 11.5 Å². The fraction of sp³-hybridized carbons (Fsp3) is 0.875. The highest BCUT2D eigenvalue weighted by Crippen LogP contribution is 2.30. The average Bonchev–Trinajstić information content (AvgIpc) is 2.36. The molecule has 0 saturated carbocycles. The minimum Gasteiger partial charge on any atom is -0.430 e. The molecule has 1 saturated heterocycles. The Morgan fingerprint density at radius 3 is 2.64 bits per heavy atom. The maximum absolute atomic E-state index is 10.6. The Kier molecular flexibility index (Phi) is 2.07. The zero-order valence-electron chi connectivity index (χ0n) is 7.22. The summed E-state index contributed by atoms with van der Waals surface area (Å²) in [6, 6.07) is 0. The summed E-state index contributed by atoms with van der Waals surface area (Å²) in [6.45, 7) is 6.62. The van der Waals surface area contributed by atoms with Gasteiger partial charge in [-0.25, -0.2) is 4.79 Å². The van der Waals surface area contributed by atoms with Crippen molar-refractivity contribution in [1.29, 1.82) is 0 Å². The number of cyclic esters (lactones) is 2. The first kappa shape index (κ1) is 8.37. The Bertz CT molecular complexity index is 163. The van der Waals surface area contributed by atoms with E-state index in [0.29, 0.717) is 6.61 Å². The SMILES string of the molecule is CCC(C)(C)C1COC(=O)O1. The second-order valence-corrected chi connectivity index (χ2v) is 3.51. The van der Waals surface area contributed by atoms with Crippen LogP contribution in [-0.2, 0) is 9.47 Å². The molecule has 0 N–H and O–H groups in total. The first-order valence-corrected chi connectivity index (χ1v) is 3.89. The molecule has 1 heterocycles. The van der Waals surface area contributed by atoms with E-state index in [1.165, 1.54) is 0 Å². The molecule has 1 fully saturated rings. The summed E-state index contributed by atoms with van der Waals surface area (Å²) in [7, 11) is 0. The molecule has 1 aliphatic heterocycles. The quantitative estimate of drug-likeness (QED) is 0.576. The molecular weight excluding hydrogens is 144 g/mol. The fourth-order valence-corrected chi connectivity index (χ4v) is 0.941. The molecule has 0 radical (unpaired) electrons. The Morgan fingerprint density at radius 1 is 1.64 bits per heavy atom. The number of carbonyl (C=O) groups excluding carboxylic acids is 1. The van der Waals surface area contributed by atoms with Crippen molar-refractivity contribution in [3.8, 4) is 0 Å². The van der Waals surface area contributed by atoms with Crippen LogP contribution >= 0.6 is 0 Å². The van der Waals surface area contributed by atoms with E-state index in [4.69, 9.17) is 9.47 Å². The minimum absolute atomic E-state index is 0.0339. The molecule has 0 spiro atoms. The lowest BCUT2D eigenvalue weighted by molar-refractivity contribution is 0.0596. The first-order valence-electron chi connectivity index (χ1n) is 3.89. The summed E-state index contributed by atoms with van der Waals surface area (Å²) in [5.41, 5.74) is 0.0339. The summed E-state index contributed by atoms with van der Waals surface area (Å²) in [6.07, 6.45) is 0.380. The molecule has 11 heavy (non-hydrogen) atoms. The van der Waals surface area contributed by atoms with Gasteiger partial charge >= 0.3 is 6.16 Å². The number of carbonyl (C=O) groups is 1. The van der Waals surface area contributed by atoms with Gasteiger partial charge in [-0.3, -0.25) is 0 Å². The van der Waals surface area contributed by atoms with Crippen LogP contribution in [0, 0.1) is 5.41 Å². The maximum atomic E-state index is 10.6. The summed E-state index contributed by atoms with van der Waals surface area (Å²) in [4.78, 5) is 10.6. The topological polar surface area (TPSA) is 35.5 Å². The smallest absolute Gasteiger partial charge is 0.430 e. The van der Waals surface area contributed by atoms with Crippen molar-refractivity contribution >= 4 is 6.16 Å². The van der Waals surface area contributed by atoms with Crippen LogP contribution in [0.3, 0.4) is 0 Å². The van der Waals surface area contributed by atoms with Crippen molar-refractivity contribution in [2.75, 3.05) is 6.61 Å². The maximum Gasteiger partial charge on any atom is 0.508 e. The zero-order valence-corrected chi connectivity index (χ0v) is 7.22. The average molecular weight is 158 g/mol. The Balaban J connectivity index is 2.55. The van der Waals surface area contributed by atoms with Crippen LogP contribution in [0.4, 0.5) is 4.79 Å². The van der Waals surface area contributed by atoms with E-state index >= 15 is 0 Å². The molecule has 0 amide bonds. The van der Waals surface area contributed by atoms with Crippen LogP contribution in [0.25, 0.3) is 0 Å². The molecule has 1 atom stereocenters. The largest absolute Gasteiger partial charge is 0.508 e. The molecule has 0 aliphatic carbocycles. The second-order valence-electron chi connectivity index (χ2n) is 3.51. The van der Waals surface area contributed by atoms with Crippen molar-refractivity contribution < 1.29 is 14.3 Å². The molecule has 1 unspecified atom stereocenters. The molecule has 3 heteroatoms. The van der Waals surface area contributed by atoms with E-state index in [2.05, 4.69) is 20.8 Å². The van der Waals surface area contributed by atoms with Crippen molar-refractivity contribution in [1.82, 2.24) is 0 Å². The molecule has 64 valence electrons. The molecule has 0 bridgehead atoms. The van der Waals surface area contributed by atoms with Gasteiger partial charge in [-0.1, -0.05) is 20.8 Å². The molecule has 0 aromatic carbocycles. The van der Waals surface area contributed by atoms with E-state index in [9.17, 15) is 4.79 Å². The first-order chi connectivity index (χ1) is 5.06. The van der Waals surface area contributed by atoms with Crippen molar-refractivity contribution in [3.05, 3.63) is 0 Å². The molecule has 0 aromatic rings. The second kappa shape index (κ2) is 2.72. The van der Waals surface area contributed by atoms with Crippen LogP contribution in [0.5, 0.6) is 0 Å². The lowest BCUT2D eigenvalue weighted by atomic mass is 9.84. The van der Waals surface area contributed by atoms with Gasteiger partial charge in [-0.2, -0.15) is 0 Å². The molecule has 3 nitrogen and oxygen atoms in total. The summed E-state index contributed by atoms with van der Waals surface area (Å²) < 4.78 is 9.65. The number of rotatable bonds is 2. The van der Waals surface area contributed by atoms with Gasteiger partial charge in [0, 0.05) is 5.41 Å². The fourth-order valence-electron chi connectivity index (χ4n) is 0.941. The van der Waals surface area contributed by atoms with Crippen LogP contribution in [0.2, 0.25) is 0 Å². The standard InChI is InChI=1S/C8H14O3/c1-4-8(2,3)6-5-10-7(9)11-6/h6H,4-5H2,1-3H3. The Morgan fingerprint density at radius 2 is 2.27 bits per heavy atom.